The highest BCUT2D eigenvalue weighted by atomic mass is 35.5. The number of sulfone groups is 1. The summed E-state index contributed by atoms with van der Waals surface area (Å²) in [6.07, 6.45) is 4.98. The lowest BCUT2D eigenvalue weighted by Gasteiger charge is -2.14. The van der Waals surface area contributed by atoms with E-state index in [1.807, 2.05) is 24.3 Å². The molecule has 9 heteroatoms. The van der Waals surface area contributed by atoms with E-state index in [2.05, 4.69) is 5.32 Å². The lowest BCUT2D eigenvalue weighted by atomic mass is 10.2. The molecule has 0 unspecified atom stereocenters. The molecular formula is C20H18ClN3O2S3. The van der Waals surface area contributed by atoms with Crippen molar-refractivity contribution >= 4 is 60.6 Å². The predicted molar refractivity (Wildman–Crippen MR) is 121 cm³/mol. The molecule has 29 heavy (non-hydrogen) atoms. The van der Waals surface area contributed by atoms with E-state index in [0.717, 1.165) is 46.0 Å². The maximum atomic E-state index is 11.8. The molecule has 2 aliphatic rings. The molecule has 0 amide bonds. The number of aromatic nitrogens is 2. The van der Waals surface area contributed by atoms with Crippen LogP contribution in [0.2, 0.25) is 5.02 Å². The molecule has 1 aliphatic carbocycles. The fourth-order valence-electron chi connectivity index (χ4n) is 3.73. The number of anilines is 1. The molecule has 2 aromatic heterocycles. The molecule has 1 N–H and O–H groups in total. The molecule has 1 atom stereocenters. The predicted octanol–water partition coefficient (Wildman–Crippen LogP) is 4.85. The maximum Gasteiger partial charge on any atom is 0.173 e. The number of hydrogen-bond acceptors (Lipinski definition) is 7. The Morgan fingerprint density at radius 3 is 2.79 bits per heavy atom. The Morgan fingerprint density at radius 2 is 2.03 bits per heavy atom. The van der Waals surface area contributed by atoms with Gasteiger partial charge in [-0.05, 0) is 55.2 Å². The zero-order valence-corrected chi connectivity index (χ0v) is 18.6. The van der Waals surface area contributed by atoms with Crippen molar-refractivity contribution in [2.24, 2.45) is 0 Å². The van der Waals surface area contributed by atoms with Crippen molar-refractivity contribution in [2.75, 3.05) is 11.1 Å². The molecule has 0 radical (unpaired) electrons. The van der Waals surface area contributed by atoms with Crippen LogP contribution in [0.1, 0.15) is 22.7 Å². The number of nitrogens with one attached hydrogen (secondary N) is 1. The molecule has 0 bridgehead atoms. The summed E-state index contributed by atoms with van der Waals surface area (Å²) in [5.41, 5.74) is 1.33. The van der Waals surface area contributed by atoms with E-state index in [0.29, 0.717) is 10.8 Å². The molecule has 5 rings (SSSR count). The number of aryl methyl sites for hydroxylation is 2. The van der Waals surface area contributed by atoms with Gasteiger partial charge in [-0.2, -0.15) is 0 Å². The number of halogens is 1. The highest BCUT2D eigenvalue weighted by molar-refractivity contribution is 7.98. The average molecular weight is 464 g/mol. The topological polar surface area (TPSA) is 72.0 Å². The molecule has 150 valence electrons. The number of rotatable bonds is 5. The van der Waals surface area contributed by atoms with E-state index >= 15 is 0 Å². The number of benzene rings is 1. The first-order chi connectivity index (χ1) is 14.0. The fraction of sp³-hybridized carbons (Fsp3) is 0.300. The average Bonchev–Trinajstić information content (AvgIpc) is 3.35. The monoisotopic (exact) mass is 463 g/mol. The van der Waals surface area contributed by atoms with E-state index in [-0.39, 0.29) is 11.8 Å². The summed E-state index contributed by atoms with van der Waals surface area (Å²) in [6, 6.07) is 7.46. The molecule has 0 saturated heterocycles. The summed E-state index contributed by atoms with van der Waals surface area (Å²) in [4.78, 5) is 13.1. The quantitative estimate of drug-likeness (QED) is 0.545. The van der Waals surface area contributed by atoms with Crippen molar-refractivity contribution in [1.29, 1.82) is 0 Å². The molecule has 5 nitrogen and oxygen atoms in total. The Hall–Kier alpha value is -1.61. The minimum atomic E-state index is -3.13. The Balaban J connectivity index is 1.47. The first kappa shape index (κ1) is 19.4. The third-order valence-electron chi connectivity index (χ3n) is 5.04. The standard InChI is InChI=1S/C20H18ClN3O2S3/c21-12-4-6-14(7-5-12)27-10-17-23-19(22-13-8-9-29(25,26)11-13)18-15-2-1-3-16(15)28-20(18)24-17/h4-9,13H,1-3,10-11H2,(H,22,23,24)/t13-/m1/s1. The summed E-state index contributed by atoms with van der Waals surface area (Å²) in [6.45, 7) is 0. The largest absolute Gasteiger partial charge is 0.362 e. The van der Waals surface area contributed by atoms with Crippen molar-refractivity contribution in [2.45, 2.75) is 36.0 Å². The van der Waals surface area contributed by atoms with Gasteiger partial charge in [0.2, 0.25) is 0 Å². The van der Waals surface area contributed by atoms with Gasteiger partial charge in [-0.15, -0.1) is 23.1 Å². The van der Waals surface area contributed by atoms with Crippen LogP contribution in [0, 0.1) is 0 Å². The molecule has 1 aliphatic heterocycles. The summed E-state index contributed by atoms with van der Waals surface area (Å²) in [7, 11) is -3.13. The highest BCUT2D eigenvalue weighted by Crippen LogP contribution is 2.40. The molecule has 0 saturated carbocycles. The molecule has 3 aromatic rings. The van der Waals surface area contributed by atoms with Crippen LogP contribution in [-0.4, -0.2) is 30.2 Å². The van der Waals surface area contributed by atoms with Gasteiger partial charge in [-0.1, -0.05) is 11.6 Å². The van der Waals surface area contributed by atoms with Crippen LogP contribution in [0.25, 0.3) is 10.2 Å². The van der Waals surface area contributed by atoms with Crippen LogP contribution in [0.3, 0.4) is 0 Å². The zero-order valence-electron chi connectivity index (χ0n) is 15.4. The second-order valence-corrected chi connectivity index (χ2v) is 11.7. The van der Waals surface area contributed by atoms with Gasteiger partial charge in [-0.25, -0.2) is 18.4 Å². The highest BCUT2D eigenvalue weighted by Gasteiger charge is 2.26. The summed E-state index contributed by atoms with van der Waals surface area (Å²) < 4.78 is 23.6. The van der Waals surface area contributed by atoms with Crippen LogP contribution in [0.4, 0.5) is 5.82 Å². The summed E-state index contributed by atoms with van der Waals surface area (Å²) in [5, 5.41) is 6.44. The minimum absolute atomic E-state index is 0.0691. The van der Waals surface area contributed by atoms with Crippen molar-refractivity contribution in [3.63, 3.8) is 0 Å². The maximum absolute atomic E-state index is 11.8. The number of thiophene rings is 1. The number of fused-ring (bicyclic) bond motifs is 3. The second kappa shape index (κ2) is 7.58. The number of hydrogen-bond donors (Lipinski definition) is 1. The summed E-state index contributed by atoms with van der Waals surface area (Å²) >= 11 is 9.36. The third kappa shape index (κ3) is 4.03. The smallest absolute Gasteiger partial charge is 0.173 e. The first-order valence-electron chi connectivity index (χ1n) is 9.34. The van der Waals surface area contributed by atoms with Crippen LogP contribution < -0.4 is 5.32 Å². The van der Waals surface area contributed by atoms with Gasteiger partial charge in [-0.3, -0.25) is 0 Å². The Bertz CT molecular complexity index is 1220. The van der Waals surface area contributed by atoms with Crippen molar-refractivity contribution < 1.29 is 8.42 Å². The Labute approximate surface area is 182 Å². The van der Waals surface area contributed by atoms with E-state index in [1.54, 1.807) is 29.2 Å². The second-order valence-electron chi connectivity index (χ2n) is 7.18. The number of thioether (sulfide) groups is 1. The van der Waals surface area contributed by atoms with E-state index in [1.165, 1.54) is 15.8 Å². The first-order valence-corrected chi connectivity index (χ1v) is 13.2. The van der Waals surface area contributed by atoms with Crippen molar-refractivity contribution in [1.82, 2.24) is 9.97 Å². The number of nitrogens with zero attached hydrogens (tertiary/aromatic N) is 2. The fourth-order valence-corrected chi connectivity index (χ4v) is 7.12. The van der Waals surface area contributed by atoms with E-state index < -0.39 is 9.84 Å². The van der Waals surface area contributed by atoms with Crippen molar-refractivity contribution in [3.05, 3.63) is 57.0 Å². The van der Waals surface area contributed by atoms with Crippen LogP contribution >= 0.6 is 34.7 Å². The van der Waals surface area contributed by atoms with E-state index in [4.69, 9.17) is 21.6 Å². The molecule has 0 spiro atoms. The molecule has 0 fully saturated rings. The van der Waals surface area contributed by atoms with Crippen LogP contribution in [0.5, 0.6) is 0 Å². The van der Waals surface area contributed by atoms with Gasteiger partial charge < -0.3 is 5.32 Å². The van der Waals surface area contributed by atoms with Gasteiger partial charge in [0.1, 0.15) is 16.5 Å². The Kier molecular flexibility index (Phi) is 5.06. The zero-order chi connectivity index (χ0) is 20.0. The van der Waals surface area contributed by atoms with Crippen LogP contribution in [0.15, 0.2) is 40.6 Å². The van der Waals surface area contributed by atoms with Gasteiger partial charge in [0.05, 0.1) is 22.9 Å². The normalized spacial score (nSPS) is 19.7. The minimum Gasteiger partial charge on any atom is -0.362 e. The van der Waals surface area contributed by atoms with Gasteiger partial charge in [0.25, 0.3) is 0 Å². The van der Waals surface area contributed by atoms with Gasteiger partial charge in [0, 0.05) is 20.2 Å². The lowest BCUT2D eigenvalue weighted by Crippen LogP contribution is -2.22. The van der Waals surface area contributed by atoms with Crippen LogP contribution in [-0.2, 0) is 28.4 Å². The lowest BCUT2D eigenvalue weighted by molar-refractivity contribution is 0.605. The SMILES string of the molecule is O=S1(=O)C=C[C@@H](Nc2nc(CSc3ccc(Cl)cc3)nc3sc4c(c23)CCC4)C1. The van der Waals surface area contributed by atoms with E-state index in [9.17, 15) is 8.42 Å². The summed E-state index contributed by atoms with van der Waals surface area (Å²) in [5.74, 6) is 2.20. The molecule has 1 aromatic carbocycles. The van der Waals surface area contributed by atoms with Gasteiger partial charge >= 0.3 is 0 Å². The van der Waals surface area contributed by atoms with Crippen molar-refractivity contribution in [3.8, 4) is 0 Å². The third-order valence-corrected chi connectivity index (χ3v) is 8.89. The van der Waals surface area contributed by atoms with Gasteiger partial charge in [0.15, 0.2) is 9.84 Å². The molecular weight excluding hydrogens is 446 g/mol. The molecule has 3 heterocycles. The Morgan fingerprint density at radius 1 is 1.21 bits per heavy atom.